The Balaban J connectivity index is 1.18. The Morgan fingerprint density at radius 2 is 1.58 bits per heavy atom. The van der Waals surface area contributed by atoms with Crippen molar-refractivity contribution in [2.24, 2.45) is 0 Å². The van der Waals surface area contributed by atoms with Crippen LogP contribution in [0.2, 0.25) is 0 Å². The second-order valence-electron chi connectivity index (χ2n) is 7.43. The summed E-state index contributed by atoms with van der Waals surface area (Å²) in [6.45, 7) is 5.36. The maximum atomic E-state index is 12.4. The number of nitrogens with one attached hydrogen (secondary N) is 2. The van der Waals surface area contributed by atoms with Crippen LogP contribution in [0.15, 0.2) is 77.4 Å². The number of hydrogen-bond donors (Lipinski definition) is 2. The predicted octanol–water partition coefficient (Wildman–Crippen LogP) is 3.08. The summed E-state index contributed by atoms with van der Waals surface area (Å²) < 4.78 is 5.07. The van der Waals surface area contributed by atoms with Crippen molar-refractivity contribution in [1.29, 1.82) is 0 Å². The first-order chi connectivity index (χ1) is 15.2. The highest BCUT2D eigenvalue weighted by molar-refractivity contribution is 6.02. The Labute approximate surface area is 181 Å². The van der Waals surface area contributed by atoms with E-state index >= 15 is 0 Å². The molecule has 4 rings (SSSR count). The molecule has 0 aliphatic carbocycles. The van der Waals surface area contributed by atoms with E-state index in [-0.39, 0.29) is 17.6 Å². The highest BCUT2D eigenvalue weighted by Gasteiger charge is 2.17. The van der Waals surface area contributed by atoms with Gasteiger partial charge in [-0.3, -0.25) is 14.5 Å². The van der Waals surface area contributed by atoms with Crippen molar-refractivity contribution in [2.75, 3.05) is 49.5 Å². The van der Waals surface area contributed by atoms with Gasteiger partial charge in [0.2, 0.25) is 0 Å². The van der Waals surface area contributed by atoms with Crippen molar-refractivity contribution < 1.29 is 14.0 Å². The molecule has 2 heterocycles. The van der Waals surface area contributed by atoms with Gasteiger partial charge in [0, 0.05) is 56.2 Å². The monoisotopic (exact) mass is 418 g/mol. The number of nitrogens with zero attached hydrogens (tertiary/aromatic N) is 2. The van der Waals surface area contributed by atoms with Gasteiger partial charge in [0.15, 0.2) is 5.76 Å². The molecule has 2 aromatic carbocycles. The Morgan fingerprint density at radius 3 is 2.26 bits per heavy atom. The summed E-state index contributed by atoms with van der Waals surface area (Å²) in [7, 11) is 0. The van der Waals surface area contributed by atoms with Gasteiger partial charge < -0.3 is 20.0 Å². The van der Waals surface area contributed by atoms with Gasteiger partial charge in [0.1, 0.15) is 0 Å². The predicted molar refractivity (Wildman–Crippen MR) is 121 cm³/mol. The summed E-state index contributed by atoms with van der Waals surface area (Å²) >= 11 is 0. The molecule has 0 radical (unpaired) electrons. The van der Waals surface area contributed by atoms with Crippen molar-refractivity contribution >= 4 is 23.2 Å². The van der Waals surface area contributed by atoms with E-state index in [1.807, 2.05) is 6.07 Å². The molecule has 1 aliphatic heterocycles. The van der Waals surface area contributed by atoms with Crippen LogP contribution in [0.1, 0.15) is 20.9 Å². The Hall–Kier alpha value is -3.58. The van der Waals surface area contributed by atoms with Crippen molar-refractivity contribution in [1.82, 2.24) is 10.2 Å². The second kappa shape index (κ2) is 9.95. The molecule has 31 heavy (non-hydrogen) atoms. The van der Waals surface area contributed by atoms with Gasteiger partial charge in [-0.25, -0.2) is 0 Å². The maximum absolute atomic E-state index is 12.4. The lowest BCUT2D eigenvalue weighted by Gasteiger charge is -2.36. The number of furan rings is 1. The maximum Gasteiger partial charge on any atom is 0.291 e. The number of anilines is 2. The third-order valence-electron chi connectivity index (χ3n) is 5.36. The van der Waals surface area contributed by atoms with Crippen LogP contribution >= 0.6 is 0 Å². The number of rotatable bonds is 7. The molecular formula is C24H26N4O3. The highest BCUT2D eigenvalue weighted by Crippen LogP contribution is 2.15. The molecule has 0 atom stereocenters. The summed E-state index contributed by atoms with van der Waals surface area (Å²) in [4.78, 5) is 29.2. The van der Waals surface area contributed by atoms with Crippen LogP contribution in [0.4, 0.5) is 11.4 Å². The summed E-state index contributed by atoms with van der Waals surface area (Å²) in [5.41, 5.74) is 2.43. The minimum atomic E-state index is -0.324. The van der Waals surface area contributed by atoms with Gasteiger partial charge in [-0.05, 0) is 48.5 Å². The van der Waals surface area contributed by atoms with Crippen LogP contribution in [0, 0.1) is 0 Å². The summed E-state index contributed by atoms with van der Waals surface area (Å²) in [6, 6.07) is 20.5. The quantitative estimate of drug-likeness (QED) is 0.617. The van der Waals surface area contributed by atoms with E-state index in [9.17, 15) is 9.59 Å². The number of amides is 2. The third-order valence-corrected chi connectivity index (χ3v) is 5.36. The molecule has 7 heteroatoms. The zero-order valence-corrected chi connectivity index (χ0v) is 17.3. The molecule has 1 aliphatic rings. The first-order valence-electron chi connectivity index (χ1n) is 10.4. The minimum Gasteiger partial charge on any atom is -0.459 e. The summed E-state index contributed by atoms with van der Waals surface area (Å²) in [5, 5.41) is 5.71. The molecule has 0 saturated carbocycles. The summed E-state index contributed by atoms with van der Waals surface area (Å²) in [5.74, 6) is -0.201. The number of hydrogen-bond acceptors (Lipinski definition) is 5. The first-order valence-corrected chi connectivity index (χ1v) is 10.4. The fraction of sp³-hybridized carbons (Fsp3) is 0.250. The molecule has 3 aromatic rings. The first kappa shape index (κ1) is 20.7. The molecule has 1 saturated heterocycles. The number of para-hydroxylation sites is 1. The number of piperazine rings is 1. The van der Waals surface area contributed by atoms with E-state index in [0.29, 0.717) is 17.8 Å². The Bertz CT molecular complexity index is 979. The average molecular weight is 418 g/mol. The lowest BCUT2D eigenvalue weighted by atomic mass is 10.2. The second-order valence-corrected chi connectivity index (χ2v) is 7.43. The fourth-order valence-electron chi connectivity index (χ4n) is 3.60. The lowest BCUT2D eigenvalue weighted by Crippen LogP contribution is -2.48. The molecular weight excluding hydrogens is 392 g/mol. The molecule has 0 spiro atoms. The van der Waals surface area contributed by atoms with Crippen molar-refractivity contribution in [3.05, 3.63) is 84.3 Å². The SMILES string of the molecule is O=C(NCCN1CCN(c2ccccc2)CC1)c1ccc(NC(=O)c2ccco2)cc1. The molecule has 0 unspecified atom stereocenters. The van der Waals surface area contributed by atoms with Gasteiger partial charge in [-0.2, -0.15) is 0 Å². The van der Waals surface area contributed by atoms with Crippen LogP contribution in [-0.4, -0.2) is 56.0 Å². The normalized spacial score (nSPS) is 14.3. The lowest BCUT2D eigenvalue weighted by molar-refractivity contribution is 0.0947. The van der Waals surface area contributed by atoms with Crippen molar-refractivity contribution in [2.45, 2.75) is 0 Å². The van der Waals surface area contributed by atoms with E-state index in [2.05, 4.69) is 44.7 Å². The molecule has 2 amide bonds. The van der Waals surface area contributed by atoms with E-state index < -0.39 is 0 Å². The zero-order valence-electron chi connectivity index (χ0n) is 17.3. The van der Waals surface area contributed by atoms with Crippen LogP contribution in [-0.2, 0) is 0 Å². The number of benzene rings is 2. The average Bonchev–Trinajstić information content (AvgIpc) is 3.36. The molecule has 160 valence electrons. The van der Waals surface area contributed by atoms with Gasteiger partial charge >= 0.3 is 0 Å². The third kappa shape index (κ3) is 5.52. The molecule has 0 bridgehead atoms. The van der Waals surface area contributed by atoms with Crippen molar-refractivity contribution in [3.8, 4) is 0 Å². The van der Waals surface area contributed by atoms with E-state index in [0.717, 1.165) is 32.7 Å². The Kier molecular flexibility index (Phi) is 6.64. The number of carbonyl (C=O) groups is 2. The fourth-order valence-corrected chi connectivity index (χ4v) is 3.60. The van der Waals surface area contributed by atoms with Gasteiger partial charge in [-0.15, -0.1) is 0 Å². The summed E-state index contributed by atoms with van der Waals surface area (Å²) in [6.07, 6.45) is 1.45. The molecule has 7 nitrogen and oxygen atoms in total. The minimum absolute atomic E-state index is 0.119. The van der Waals surface area contributed by atoms with Crippen molar-refractivity contribution in [3.63, 3.8) is 0 Å². The molecule has 1 fully saturated rings. The van der Waals surface area contributed by atoms with Crippen LogP contribution in [0.25, 0.3) is 0 Å². The Morgan fingerprint density at radius 1 is 0.839 bits per heavy atom. The van der Waals surface area contributed by atoms with E-state index in [1.165, 1.54) is 12.0 Å². The number of carbonyl (C=O) groups excluding carboxylic acids is 2. The smallest absolute Gasteiger partial charge is 0.291 e. The standard InChI is InChI=1S/C24H26N4O3/c29-23(19-8-10-20(11-9-19)26-24(30)22-7-4-18-31-22)25-12-13-27-14-16-28(17-15-27)21-5-2-1-3-6-21/h1-11,18H,12-17H2,(H,25,29)(H,26,30). The zero-order chi connectivity index (χ0) is 21.5. The largest absolute Gasteiger partial charge is 0.459 e. The molecule has 1 aromatic heterocycles. The van der Waals surface area contributed by atoms with Crippen LogP contribution < -0.4 is 15.5 Å². The molecule has 2 N–H and O–H groups in total. The van der Waals surface area contributed by atoms with Gasteiger partial charge in [0.05, 0.1) is 6.26 Å². The van der Waals surface area contributed by atoms with Crippen LogP contribution in [0.5, 0.6) is 0 Å². The van der Waals surface area contributed by atoms with E-state index in [4.69, 9.17) is 4.42 Å². The van der Waals surface area contributed by atoms with E-state index in [1.54, 1.807) is 36.4 Å². The van der Waals surface area contributed by atoms with Gasteiger partial charge in [0.25, 0.3) is 11.8 Å². The van der Waals surface area contributed by atoms with Gasteiger partial charge in [-0.1, -0.05) is 18.2 Å². The van der Waals surface area contributed by atoms with Crippen LogP contribution in [0.3, 0.4) is 0 Å². The highest BCUT2D eigenvalue weighted by atomic mass is 16.3. The topological polar surface area (TPSA) is 77.8 Å².